The van der Waals surface area contributed by atoms with Gasteiger partial charge in [-0.15, -0.1) is 0 Å². The Labute approximate surface area is 193 Å². The predicted molar refractivity (Wildman–Crippen MR) is 122 cm³/mol. The largest absolute Gasteiger partial charge is 0.425 e. The van der Waals surface area contributed by atoms with Crippen molar-refractivity contribution in [3.8, 4) is 5.75 Å². The molecule has 1 fully saturated rings. The van der Waals surface area contributed by atoms with E-state index in [0.717, 1.165) is 10.0 Å². The number of carbonyl (C=O) groups excluding carboxylic acids is 3. The predicted octanol–water partition coefficient (Wildman–Crippen LogP) is 4.66. The van der Waals surface area contributed by atoms with Crippen LogP contribution in [-0.4, -0.2) is 17.7 Å². The highest BCUT2D eigenvalue weighted by atomic mass is 79.9. The zero-order valence-electron chi connectivity index (χ0n) is 17.3. The number of ketones is 1. The van der Waals surface area contributed by atoms with Crippen molar-refractivity contribution in [1.82, 2.24) is 5.32 Å². The average Bonchev–Trinajstić information content (AvgIpc) is 3.41. The van der Waals surface area contributed by atoms with E-state index in [1.165, 1.54) is 0 Å². The van der Waals surface area contributed by atoms with Gasteiger partial charge in [0.15, 0.2) is 11.2 Å². The summed E-state index contributed by atoms with van der Waals surface area (Å²) >= 11 is 3.38. The number of hydrogen-bond donors (Lipinski definition) is 1. The maximum absolute atomic E-state index is 13.7. The molecule has 1 saturated carbocycles. The second-order valence-electron chi connectivity index (χ2n) is 8.38. The highest BCUT2D eigenvalue weighted by Crippen LogP contribution is 2.78. The topological polar surface area (TPSA) is 72.5 Å². The molecule has 0 unspecified atom stereocenters. The summed E-state index contributed by atoms with van der Waals surface area (Å²) in [5, 5.41) is 2.88. The minimum Gasteiger partial charge on any atom is -0.425 e. The molecule has 3 aromatic rings. The van der Waals surface area contributed by atoms with Crippen LogP contribution in [0.5, 0.6) is 5.75 Å². The molecule has 0 spiro atoms. The van der Waals surface area contributed by atoms with Gasteiger partial charge in [0.2, 0.25) is 5.91 Å². The molecule has 6 heteroatoms. The molecule has 3 atom stereocenters. The smallest absolute Gasteiger partial charge is 0.328 e. The zero-order chi connectivity index (χ0) is 22.5. The van der Waals surface area contributed by atoms with E-state index < -0.39 is 28.6 Å². The van der Waals surface area contributed by atoms with Gasteiger partial charge in [-0.3, -0.25) is 14.4 Å². The average molecular weight is 490 g/mol. The molecule has 5 rings (SSSR count). The summed E-state index contributed by atoms with van der Waals surface area (Å²) in [4.78, 5) is 40.7. The molecule has 1 N–H and O–H groups in total. The fraction of sp³-hybridized carbons (Fsp3) is 0.192. The molecule has 0 saturated heterocycles. The second kappa shape index (κ2) is 7.41. The molecule has 3 aromatic carbocycles. The van der Waals surface area contributed by atoms with Crippen LogP contribution in [0.15, 0.2) is 83.3 Å². The molecule has 1 aliphatic carbocycles. The van der Waals surface area contributed by atoms with Crippen LogP contribution in [-0.2, 0) is 16.1 Å². The fourth-order valence-corrected chi connectivity index (χ4v) is 5.34. The van der Waals surface area contributed by atoms with E-state index in [0.29, 0.717) is 16.9 Å². The number of benzene rings is 3. The third-order valence-corrected chi connectivity index (χ3v) is 7.26. The van der Waals surface area contributed by atoms with Crippen LogP contribution in [0.25, 0.3) is 0 Å². The number of nitrogens with one attached hydrogen (secondary N) is 1. The SMILES string of the molecule is C[C@@]1(C(=O)c2ccc(Br)cc2)[C@@H]2c3ccccc3OC(=O)[C@@]21C(=O)NCc1ccccc1. The number of halogens is 1. The summed E-state index contributed by atoms with van der Waals surface area (Å²) in [6.45, 7) is 1.96. The number of ether oxygens (including phenoxy) is 1. The summed E-state index contributed by atoms with van der Waals surface area (Å²) in [6.07, 6.45) is 0. The van der Waals surface area contributed by atoms with E-state index in [-0.39, 0.29) is 12.3 Å². The lowest BCUT2D eigenvalue weighted by molar-refractivity contribution is -0.149. The summed E-state index contributed by atoms with van der Waals surface area (Å²) in [5.41, 5.74) is -0.813. The molecule has 0 radical (unpaired) electrons. The van der Waals surface area contributed by atoms with Crippen molar-refractivity contribution in [1.29, 1.82) is 0 Å². The quantitative estimate of drug-likeness (QED) is 0.245. The molecule has 0 aromatic heterocycles. The highest BCUT2D eigenvalue weighted by molar-refractivity contribution is 9.10. The first-order chi connectivity index (χ1) is 15.4. The molecular weight excluding hydrogens is 470 g/mol. The minimum absolute atomic E-state index is 0.251. The van der Waals surface area contributed by atoms with Gasteiger partial charge in [-0.1, -0.05) is 76.6 Å². The van der Waals surface area contributed by atoms with Crippen LogP contribution in [0.1, 0.15) is 34.3 Å². The van der Waals surface area contributed by atoms with E-state index in [2.05, 4.69) is 21.2 Å². The van der Waals surface area contributed by atoms with Crippen LogP contribution in [0.3, 0.4) is 0 Å². The number of esters is 1. The number of hydrogen-bond acceptors (Lipinski definition) is 4. The number of fused-ring (bicyclic) bond motifs is 3. The molecule has 5 nitrogen and oxygen atoms in total. The zero-order valence-corrected chi connectivity index (χ0v) is 18.9. The van der Waals surface area contributed by atoms with Crippen molar-refractivity contribution in [3.05, 3.63) is 100 Å². The molecule has 32 heavy (non-hydrogen) atoms. The van der Waals surface area contributed by atoms with Crippen molar-refractivity contribution in [3.63, 3.8) is 0 Å². The van der Waals surface area contributed by atoms with E-state index >= 15 is 0 Å². The summed E-state index contributed by atoms with van der Waals surface area (Å²) in [7, 11) is 0. The van der Waals surface area contributed by atoms with Gasteiger partial charge in [0.05, 0.1) is 5.41 Å². The van der Waals surface area contributed by atoms with Crippen LogP contribution < -0.4 is 10.1 Å². The van der Waals surface area contributed by atoms with E-state index in [9.17, 15) is 14.4 Å². The second-order valence-corrected chi connectivity index (χ2v) is 9.29. The third kappa shape index (κ3) is 2.79. The van der Waals surface area contributed by atoms with Gasteiger partial charge in [0.1, 0.15) is 5.75 Å². The van der Waals surface area contributed by atoms with Gasteiger partial charge >= 0.3 is 5.97 Å². The number of para-hydroxylation sites is 1. The lowest BCUT2D eigenvalue weighted by atomic mass is 9.86. The first-order valence-electron chi connectivity index (χ1n) is 10.3. The summed E-state index contributed by atoms with van der Waals surface area (Å²) < 4.78 is 6.44. The van der Waals surface area contributed by atoms with Gasteiger partial charge < -0.3 is 10.1 Å². The molecule has 1 amide bonds. The van der Waals surface area contributed by atoms with E-state index in [4.69, 9.17) is 4.74 Å². The summed E-state index contributed by atoms with van der Waals surface area (Å²) in [5.74, 6) is -1.61. The van der Waals surface area contributed by atoms with Gasteiger partial charge in [-0.25, -0.2) is 0 Å². The van der Waals surface area contributed by atoms with E-state index in [1.807, 2.05) is 42.5 Å². The Morgan fingerprint density at radius 1 is 0.969 bits per heavy atom. The van der Waals surface area contributed by atoms with Crippen LogP contribution in [0.4, 0.5) is 0 Å². The van der Waals surface area contributed by atoms with Crippen LogP contribution >= 0.6 is 15.9 Å². The Bertz CT molecular complexity index is 1240. The molecule has 0 bridgehead atoms. The third-order valence-electron chi connectivity index (χ3n) is 6.73. The molecule has 1 heterocycles. The monoisotopic (exact) mass is 489 g/mol. The Balaban J connectivity index is 1.57. The minimum atomic E-state index is -1.61. The fourth-order valence-electron chi connectivity index (χ4n) is 5.07. The number of Topliss-reactive ketones (excluding diaryl/α,β-unsaturated/α-hetero) is 1. The highest BCUT2D eigenvalue weighted by Gasteiger charge is 2.88. The van der Waals surface area contributed by atoms with Gasteiger partial charge in [-0.05, 0) is 30.7 Å². The molecular formula is C26H20BrNO4. The van der Waals surface area contributed by atoms with Crippen molar-refractivity contribution in [2.45, 2.75) is 19.4 Å². The number of amides is 1. The first-order valence-corrected chi connectivity index (χ1v) is 11.1. The Morgan fingerprint density at radius 3 is 2.34 bits per heavy atom. The maximum Gasteiger partial charge on any atom is 0.328 e. The molecule has 1 aliphatic heterocycles. The van der Waals surface area contributed by atoms with Crippen molar-refractivity contribution >= 4 is 33.6 Å². The number of rotatable bonds is 5. The maximum atomic E-state index is 13.7. The Hall–Kier alpha value is -3.25. The van der Waals surface area contributed by atoms with Gasteiger partial charge in [0, 0.05) is 28.1 Å². The normalized spacial score (nSPS) is 25.2. The Morgan fingerprint density at radius 2 is 1.62 bits per heavy atom. The summed E-state index contributed by atoms with van der Waals surface area (Å²) in [6, 6.07) is 23.5. The van der Waals surface area contributed by atoms with Crippen molar-refractivity contribution in [2.24, 2.45) is 10.8 Å². The van der Waals surface area contributed by atoms with E-state index in [1.54, 1.807) is 43.3 Å². The standard InChI is InChI=1S/C26H20BrNO4/c1-25(22(29)17-11-13-18(27)14-12-17)21-19-9-5-6-10-20(19)32-24(31)26(21,25)23(30)28-15-16-7-3-2-4-8-16/h2-14,21H,15H2,1H3,(H,28,30)/t21-,25-,26-/m0/s1. The van der Waals surface area contributed by atoms with Gasteiger partial charge in [0.25, 0.3) is 0 Å². The number of carbonyl (C=O) groups is 3. The van der Waals surface area contributed by atoms with Crippen LogP contribution in [0.2, 0.25) is 0 Å². The lowest BCUT2D eigenvalue weighted by Gasteiger charge is -2.23. The van der Waals surface area contributed by atoms with Crippen molar-refractivity contribution in [2.75, 3.05) is 0 Å². The molecule has 160 valence electrons. The molecule has 2 aliphatic rings. The Kier molecular flexibility index (Phi) is 4.78. The van der Waals surface area contributed by atoms with Crippen LogP contribution in [0, 0.1) is 10.8 Å². The van der Waals surface area contributed by atoms with Crippen molar-refractivity contribution < 1.29 is 19.1 Å². The lowest BCUT2D eigenvalue weighted by Crippen LogP contribution is -2.45. The van der Waals surface area contributed by atoms with Gasteiger partial charge in [-0.2, -0.15) is 0 Å². The first kappa shape index (κ1) is 20.6.